The first-order valence-electron chi connectivity index (χ1n) is 12.1. The first-order chi connectivity index (χ1) is 18.0. The lowest BCUT2D eigenvalue weighted by Crippen LogP contribution is -2.55. The zero-order valence-electron chi connectivity index (χ0n) is 20.2. The fourth-order valence-corrected chi connectivity index (χ4v) is 5.06. The Morgan fingerprint density at radius 2 is 1.76 bits per heavy atom. The Balaban J connectivity index is 1.20. The zero-order chi connectivity index (χ0) is 25.5. The van der Waals surface area contributed by atoms with Crippen molar-refractivity contribution in [2.75, 3.05) is 25.8 Å². The molecule has 0 aliphatic carbocycles. The molecule has 0 aromatic heterocycles. The molecule has 0 bridgehead atoms. The van der Waals surface area contributed by atoms with Crippen LogP contribution in [0.5, 0.6) is 17.2 Å². The average Bonchev–Trinajstić information content (AvgIpc) is 3.37. The number of ether oxygens (including phenoxy) is 3. The van der Waals surface area contributed by atoms with Gasteiger partial charge in [-0.15, -0.1) is 0 Å². The fraction of sp³-hybridized carbons (Fsp3) is 0.250. The lowest BCUT2D eigenvalue weighted by molar-refractivity contribution is -0.121. The summed E-state index contributed by atoms with van der Waals surface area (Å²) in [6, 6.07) is 17.0. The molecule has 6 rings (SSSR count). The molecule has 9 heteroatoms. The third-order valence-corrected chi connectivity index (χ3v) is 7.07. The first-order valence-corrected chi connectivity index (χ1v) is 12.1. The van der Waals surface area contributed by atoms with Crippen LogP contribution in [-0.2, 0) is 4.79 Å². The highest BCUT2D eigenvalue weighted by atomic mass is 16.7. The van der Waals surface area contributed by atoms with Gasteiger partial charge in [-0.3, -0.25) is 14.4 Å². The van der Waals surface area contributed by atoms with Gasteiger partial charge in [-0.2, -0.15) is 0 Å². The zero-order valence-corrected chi connectivity index (χ0v) is 20.2. The van der Waals surface area contributed by atoms with E-state index in [4.69, 9.17) is 14.2 Å². The van der Waals surface area contributed by atoms with E-state index in [1.54, 1.807) is 48.4 Å². The summed E-state index contributed by atoms with van der Waals surface area (Å²) in [5, 5.41) is 5.93. The number of nitrogens with zero attached hydrogens (tertiary/aromatic N) is 1. The number of benzene rings is 3. The molecule has 3 aliphatic heterocycles. The van der Waals surface area contributed by atoms with E-state index in [1.165, 1.54) is 0 Å². The van der Waals surface area contributed by atoms with Crippen molar-refractivity contribution in [1.29, 1.82) is 0 Å². The number of anilines is 1. The molecule has 3 aromatic carbocycles. The molecule has 0 spiro atoms. The van der Waals surface area contributed by atoms with Crippen LogP contribution in [0.1, 0.15) is 33.6 Å². The molecule has 0 radical (unpaired) electrons. The number of fused-ring (bicyclic) bond motifs is 3. The van der Waals surface area contributed by atoms with Crippen LogP contribution in [0, 0.1) is 0 Å². The summed E-state index contributed by atoms with van der Waals surface area (Å²) in [4.78, 5) is 41.1. The molecule has 1 saturated heterocycles. The van der Waals surface area contributed by atoms with Gasteiger partial charge in [0, 0.05) is 18.2 Å². The minimum Gasteiger partial charge on any atom is -0.497 e. The van der Waals surface area contributed by atoms with Gasteiger partial charge < -0.3 is 29.7 Å². The Hall–Kier alpha value is -4.53. The van der Waals surface area contributed by atoms with Crippen LogP contribution < -0.4 is 24.8 Å². The van der Waals surface area contributed by atoms with E-state index in [0.717, 1.165) is 11.1 Å². The summed E-state index contributed by atoms with van der Waals surface area (Å²) >= 11 is 0. The van der Waals surface area contributed by atoms with Gasteiger partial charge >= 0.3 is 0 Å². The number of rotatable bonds is 4. The number of methoxy groups -OCH3 is 1. The maximum atomic E-state index is 13.6. The van der Waals surface area contributed by atoms with Gasteiger partial charge in [-0.05, 0) is 72.5 Å². The Bertz CT molecular complexity index is 1400. The van der Waals surface area contributed by atoms with E-state index < -0.39 is 6.04 Å². The smallest absolute Gasteiger partial charge is 0.256 e. The topological polar surface area (TPSA) is 106 Å². The third-order valence-electron chi connectivity index (χ3n) is 7.07. The predicted octanol–water partition coefficient (Wildman–Crippen LogP) is 3.45. The molecule has 1 fully saturated rings. The minimum absolute atomic E-state index is 0.186. The third kappa shape index (κ3) is 4.22. The maximum absolute atomic E-state index is 13.6. The number of hydrogen-bond acceptors (Lipinski definition) is 6. The van der Waals surface area contributed by atoms with Crippen molar-refractivity contribution in [3.63, 3.8) is 0 Å². The largest absolute Gasteiger partial charge is 0.497 e. The number of carbonyl (C=O) groups excluding carboxylic acids is 3. The van der Waals surface area contributed by atoms with E-state index in [-0.39, 0.29) is 30.6 Å². The second-order valence-electron chi connectivity index (χ2n) is 9.26. The minimum atomic E-state index is -0.677. The molecule has 3 amide bonds. The van der Waals surface area contributed by atoms with Crippen LogP contribution >= 0.6 is 0 Å². The van der Waals surface area contributed by atoms with Gasteiger partial charge in [0.2, 0.25) is 12.7 Å². The van der Waals surface area contributed by atoms with E-state index in [9.17, 15) is 14.4 Å². The lowest BCUT2D eigenvalue weighted by Gasteiger charge is -2.37. The van der Waals surface area contributed by atoms with Crippen molar-refractivity contribution >= 4 is 23.4 Å². The molecule has 3 aliphatic rings. The summed E-state index contributed by atoms with van der Waals surface area (Å²) in [5.41, 5.74) is 3.14. The van der Waals surface area contributed by atoms with Gasteiger partial charge in [0.15, 0.2) is 11.5 Å². The summed E-state index contributed by atoms with van der Waals surface area (Å²) < 4.78 is 16.0. The van der Waals surface area contributed by atoms with Gasteiger partial charge in [0.25, 0.3) is 11.8 Å². The molecular formula is C28H25N3O6. The van der Waals surface area contributed by atoms with Gasteiger partial charge in [-0.1, -0.05) is 12.1 Å². The standard InChI is InChI=1S/C28H25N3O6/c1-35-20-6-2-16(3-7-20)26(32)29-19-10-11-31-23(14-19)27(33)30-22-8-4-17(12-21(22)28(31)34)18-5-9-24-25(13-18)37-15-36-24/h2-9,12-13,19,23H,10-11,14-15H2,1H3,(H,29,32)(H,30,33). The quantitative estimate of drug-likeness (QED) is 0.570. The summed E-state index contributed by atoms with van der Waals surface area (Å²) in [7, 11) is 1.57. The highest BCUT2D eigenvalue weighted by Gasteiger charge is 2.40. The van der Waals surface area contributed by atoms with E-state index in [1.807, 2.05) is 24.3 Å². The molecule has 3 aromatic rings. The molecule has 2 N–H and O–H groups in total. The monoisotopic (exact) mass is 499 g/mol. The van der Waals surface area contributed by atoms with E-state index >= 15 is 0 Å². The maximum Gasteiger partial charge on any atom is 0.256 e. The SMILES string of the molecule is COc1ccc(C(=O)NC2CCN3C(=O)c4cc(-c5ccc6c(c5)OCO6)ccc4NC(=O)C3C2)cc1. The molecular weight excluding hydrogens is 474 g/mol. The van der Waals surface area contributed by atoms with Gasteiger partial charge in [-0.25, -0.2) is 0 Å². The highest BCUT2D eigenvalue weighted by molar-refractivity contribution is 6.10. The Labute approximate surface area is 213 Å². The fourth-order valence-electron chi connectivity index (χ4n) is 5.06. The second kappa shape index (κ2) is 9.16. The number of hydrogen-bond donors (Lipinski definition) is 2. The molecule has 188 valence electrons. The number of piperidine rings is 1. The molecule has 2 unspecified atom stereocenters. The first kappa shape index (κ1) is 22.9. The van der Waals surface area contributed by atoms with Gasteiger partial charge in [0.1, 0.15) is 11.8 Å². The molecule has 0 saturated carbocycles. The van der Waals surface area contributed by atoms with Crippen molar-refractivity contribution in [3.05, 3.63) is 71.8 Å². The lowest BCUT2D eigenvalue weighted by atomic mass is 9.95. The highest BCUT2D eigenvalue weighted by Crippen LogP contribution is 2.37. The Morgan fingerprint density at radius 1 is 1.00 bits per heavy atom. The molecule has 37 heavy (non-hydrogen) atoms. The second-order valence-corrected chi connectivity index (χ2v) is 9.26. The molecule has 3 heterocycles. The van der Waals surface area contributed by atoms with Crippen LogP contribution in [-0.4, -0.2) is 55.2 Å². The molecule has 2 atom stereocenters. The predicted molar refractivity (Wildman–Crippen MR) is 135 cm³/mol. The van der Waals surface area contributed by atoms with Crippen molar-refractivity contribution in [2.45, 2.75) is 24.9 Å². The van der Waals surface area contributed by atoms with Crippen LogP contribution in [0.25, 0.3) is 11.1 Å². The van der Waals surface area contributed by atoms with Crippen molar-refractivity contribution in [1.82, 2.24) is 10.2 Å². The summed E-state index contributed by atoms with van der Waals surface area (Å²) in [6.07, 6.45) is 0.886. The van der Waals surface area contributed by atoms with Crippen molar-refractivity contribution in [2.24, 2.45) is 0 Å². The average molecular weight is 500 g/mol. The normalized spacial score (nSPS) is 19.9. The Morgan fingerprint density at radius 3 is 2.57 bits per heavy atom. The number of carbonyl (C=O) groups is 3. The molecule has 9 nitrogen and oxygen atoms in total. The summed E-state index contributed by atoms with van der Waals surface area (Å²) in [5.74, 6) is 1.32. The van der Waals surface area contributed by atoms with Crippen LogP contribution in [0.15, 0.2) is 60.7 Å². The summed E-state index contributed by atoms with van der Waals surface area (Å²) in [6.45, 7) is 0.545. The van der Waals surface area contributed by atoms with Crippen LogP contribution in [0.2, 0.25) is 0 Å². The van der Waals surface area contributed by atoms with Crippen LogP contribution in [0.3, 0.4) is 0 Å². The van der Waals surface area contributed by atoms with Crippen molar-refractivity contribution in [3.8, 4) is 28.4 Å². The van der Waals surface area contributed by atoms with Gasteiger partial charge in [0.05, 0.1) is 18.4 Å². The Kier molecular flexibility index (Phi) is 5.67. The van der Waals surface area contributed by atoms with Crippen LogP contribution in [0.4, 0.5) is 5.69 Å². The number of amides is 3. The van der Waals surface area contributed by atoms with E-state index in [0.29, 0.717) is 53.4 Å². The van der Waals surface area contributed by atoms with E-state index in [2.05, 4.69) is 10.6 Å². The number of nitrogens with one attached hydrogen (secondary N) is 2. The van der Waals surface area contributed by atoms with Crippen molar-refractivity contribution < 1.29 is 28.6 Å².